The summed E-state index contributed by atoms with van der Waals surface area (Å²) in [6.45, 7) is 4.70. The Morgan fingerprint density at radius 1 is 1.09 bits per heavy atom. The molecule has 0 bridgehead atoms. The second-order valence-electron chi connectivity index (χ2n) is 5.43. The van der Waals surface area contributed by atoms with E-state index in [4.69, 9.17) is 39.5 Å². The number of carbonyl (C=O) groups excluding carboxylic acids is 1. The number of hydrogen-bond donors (Lipinski definition) is 1. The fourth-order valence-electron chi connectivity index (χ4n) is 1.80. The zero-order valence-electron chi connectivity index (χ0n) is 12.7. The van der Waals surface area contributed by atoms with Gasteiger partial charge in [-0.15, -0.1) is 0 Å². The van der Waals surface area contributed by atoms with Crippen molar-refractivity contribution in [3.05, 3.63) is 57.0 Å². The van der Waals surface area contributed by atoms with Gasteiger partial charge in [-0.25, -0.2) is 0 Å². The van der Waals surface area contributed by atoms with Crippen LogP contribution in [0.1, 0.15) is 24.2 Å². The summed E-state index contributed by atoms with van der Waals surface area (Å²) in [6, 6.07) is 9.96. The minimum Gasteiger partial charge on any atom is -0.493 e. The van der Waals surface area contributed by atoms with E-state index in [9.17, 15) is 4.79 Å². The molecule has 2 aromatic carbocycles. The van der Waals surface area contributed by atoms with Crippen LogP contribution >= 0.6 is 34.8 Å². The quantitative estimate of drug-likeness (QED) is 0.660. The molecule has 0 aliphatic rings. The van der Waals surface area contributed by atoms with Crippen LogP contribution in [0.5, 0.6) is 5.75 Å². The maximum Gasteiger partial charge on any atom is 0.255 e. The van der Waals surface area contributed by atoms with Gasteiger partial charge in [0.2, 0.25) is 0 Å². The van der Waals surface area contributed by atoms with Crippen molar-refractivity contribution in [2.24, 2.45) is 5.92 Å². The van der Waals surface area contributed by atoms with Crippen LogP contribution in [0, 0.1) is 5.92 Å². The predicted molar refractivity (Wildman–Crippen MR) is 96.2 cm³/mol. The summed E-state index contributed by atoms with van der Waals surface area (Å²) in [5.74, 6) is 0.745. The third-order valence-electron chi connectivity index (χ3n) is 2.94. The van der Waals surface area contributed by atoms with E-state index in [1.54, 1.807) is 18.2 Å². The molecule has 2 aromatic rings. The third-order valence-corrected chi connectivity index (χ3v) is 3.97. The second kappa shape index (κ2) is 7.91. The van der Waals surface area contributed by atoms with E-state index in [-0.39, 0.29) is 5.91 Å². The molecule has 0 aliphatic carbocycles. The minimum atomic E-state index is -0.305. The summed E-state index contributed by atoms with van der Waals surface area (Å²) in [5.41, 5.74) is 0.868. The molecule has 23 heavy (non-hydrogen) atoms. The van der Waals surface area contributed by atoms with Crippen LogP contribution in [0.2, 0.25) is 15.1 Å². The number of anilines is 1. The molecule has 0 aromatic heterocycles. The molecule has 6 heteroatoms. The first kappa shape index (κ1) is 17.9. The monoisotopic (exact) mass is 371 g/mol. The van der Waals surface area contributed by atoms with E-state index >= 15 is 0 Å². The zero-order chi connectivity index (χ0) is 17.0. The first-order valence-electron chi connectivity index (χ1n) is 7.05. The van der Waals surface area contributed by atoms with Gasteiger partial charge in [0.25, 0.3) is 5.91 Å². The molecule has 0 spiro atoms. The average Bonchev–Trinajstić information content (AvgIpc) is 2.51. The molecule has 122 valence electrons. The van der Waals surface area contributed by atoms with Gasteiger partial charge in [-0.05, 0) is 36.2 Å². The molecule has 0 atom stereocenters. The lowest BCUT2D eigenvalue weighted by Gasteiger charge is -2.11. The van der Waals surface area contributed by atoms with E-state index in [0.717, 1.165) is 0 Å². The summed E-state index contributed by atoms with van der Waals surface area (Å²) in [6.07, 6.45) is 0. The van der Waals surface area contributed by atoms with Crippen molar-refractivity contribution in [2.75, 3.05) is 11.9 Å². The number of halogens is 3. The molecule has 1 N–H and O–H groups in total. The highest BCUT2D eigenvalue weighted by molar-refractivity contribution is 6.44. The molecule has 0 aliphatic heterocycles. The first-order valence-corrected chi connectivity index (χ1v) is 8.19. The van der Waals surface area contributed by atoms with Crippen molar-refractivity contribution in [3.63, 3.8) is 0 Å². The van der Waals surface area contributed by atoms with Crippen LogP contribution in [-0.2, 0) is 0 Å². The Bertz CT molecular complexity index is 717. The van der Waals surface area contributed by atoms with Gasteiger partial charge in [0, 0.05) is 5.56 Å². The number of nitrogens with one attached hydrogen (secondary N) is 1. The van der Waals surface area contributed by atoms with E-state index in [1.807, 2.05) is 6.07 Å². The number of hydrogen-bond acceptors (Lipinski definition) is 2. The van der Waals surface area contributed by atoms with Gasteiger partial charge in [-0.1, -0.05) is 54.7 Å². The molecule has 0 saturated carbocycles. The molecular formula is C17H16Cl3NO2. The Balaban J connectivity index is 2.15. The van der Waals surface area contributed by atoms with Crippen molar-refractivity contribution in [1.82, 2.24) is 0 Å². The number of rotatable bonds is 5. The largest absolute Gasteiger partial charge is 0.493 e. The summed E-state index contributed by atoms with van der Waals surface area (Å²) in [4.78, 5) is 12.4. The number of ether oxygens (including phenoxy) is 1. The highest BCUT2D eigenvalue weighted by atomic mass is 35.5. The number of amides is 1. The van der Waals surface area contributed by atoms with Crippen LogP contribution in [0.4, 0.5) is 5.69 Å². The van der Waals surface area contributed by atoms with Gasteiger partial charge in [-0.3, -0.25) is 4.79 Å². The molecule has 0 unspecified atom stereocenters. The van der Waals surface area contributed by atoms with Crippen LogP contribution in [-0.4, -0.2) is 12.5 Å². The molecule has 3 nitrogen and oxygen atoms in total. The van der Waals surface area contributed by atoms with Crippen LogP contribution < -0.4 is 10.1 Å². The van der Waals surface area contributed by atoms with Crippen molar-refractivity contribution in [2.45, 2.75) is 13.8 Å². The number of carbonyl (C=O) groups is 1. The van der Waals surface area contributed by atoms with Gasteiger partial charge in [0.15, 0.2) is 0 Å². The highest BCUT2D eigenvalue weighted by Crippen LogP contribution is 2.32. The fourth-order valence-corrected chi connectivity index (χ4v) is 2.40. The lowest BCUT2D eigenvalue weighted by atomic mass is 10.2. The summed E-state index contributed by atoms with van der Waals surface area (Å²) < 4.78 is 5.62. The number of benzene rings is 2. The van der Waals surface area contributed by atoms with Crippen molar-refractivity contribution < 1.29 is 9.53 Å². The third kappa shape index (κ3) is 5.03. The smallest absolute Gasteiger partial charge is 0.255 e. The molecule has 1 amide bonds. The lowest BCUT2D eigenvalue weighted by Crippen LogP contribution is -2.13. The molecular weight excluding hydrogens is 357 g/mol. The van der Waals surface area contributed by atoms with Gasteiger partial charge < -0.3 is 10.1 Å². The van der Waals surface area contributed by atoms with Crippen molar-refractivity contribution in [3.8, 4) is 5.75 Å². The van der Waals surface area contributed by atoms with Crippen molar-refractivity contribution in [1.29, 1.82) is 0 Å². The van der Waals surface area contributed by atoms with Gasteiger partial charge in [0.05, 0.1) is 27.4 Å². The predicted octanol–water partition coefficient (Wildman–Crippen LogP) is 5.93. The molecule has 0 fully saturated rings. The van der Waals surface area contributed by atoms with Gasteiger partial charge in [0.1, 0.15) is 5.75 Å². The second-order valence-corrected chi connectivity index (χ2v) is 6.65. The maximum atomic E-state index is 12.4. The molecule has 0 heterocycles. The molecule has 0 saturated heterocycles. The van der Waals surface area contributed by atoms with Gasteiger partial charge >= 0.3 is 0 Å². The summed E-state index contributed by atoms with van der Waals surface area (Å²) >= 11 is 17.9. The van der Waals surface area contributed by atoms with Gasteiger partial charge in [-0.2, -0.15) is 0 Å². The Morgan fingerprint density at radius 3 is 2.48 bits per heavy atom. The fraction of sp³-hybridized carbons (Fsp3) is 0.235. The normalized spacial score (nSPS) is 10.7. The van der Waals surface area contributed by atoms with Crippen LogP contribution in [0.3, 0.4) is 0 Å². The lowest BCUT2D eigenvalue weighted by molar-refractivity contribution is 0.102. The van der Waals surface area contributed by atoms with E-state index in [2.05, 4.69) is 19.2 Å². The summed E-state index contributed by atoms with van der Waals surface area (Å²) in [5, 5.41) is 3.69. The Labute approximate surface area is 150 Å². The standard InChI is InChI=1S/C17H16Cl3NO2/c1-10(2)9-23-12-5-3-4-11(6-12)17(22)21-16-8-14(19)13(18)7-15(16)20/h3-8,10H,9H2,1-2H3,(H,21,22). The molecule has 2 rings (SSSR count). The van der Waals surface area contributed by atoms with E-state index in [1.165, 1.54) is 12.1 Å². The first-order chi connectivity index (χ1) is 10.9. The summed E-state index contributed by atoms with van der Waals surface area (Å²) in [7, 11) is 0. The SMILES string of the molecule is CC(C)COc1cccc(C(=O)Nc2cc(Cl)c(Cl)cc2Cl)c1. The molecule has 0 radical (unpaired) electrons. The Morgan fingerprint density at radius 2 is 1.78 bits per heavy atom. The average molecular weight is 373 g/mol. The van der Waals surface area contributed by atoms with Crippen LogP contribution in [0.15, 0.2) is 36.4 Å². The topological polar surface area (TPSA) is 38.3 Å². The minimum absolute atomic E-state index is 0.305. The maximum absolute atomic E-state index is 12.4. The zero-order valence-corrected chi connectivity index (χ0v) is 15.0. The van der Waals surface area contributed by atoms with Crippen molar-refractivity contribution >= 4 is 46.4 Å². The Kier molecular flexibility index (Phi) is 6.17. The van der Waals surface area contributed by atoms with E-state index in [0.29, 0.717) is 44.6 Å². The highest BCUT2D eigenvalue weighted by Gasteiger charge is 2.12. The Hall–Kier alpha value is -1.42. The van der Waals surface area contributed by atoms with Crippen LogP contribution in [0.25, 0.3) is 0 Å². The van der Waals surface area contributed by atoms with E-state index < -0.39 is 0 Å².